The Hall–Kier alpha value is -7.77. The zero-order valence-electron chi connectivity index (χ0n) is 29.8. The van der Waals surface area contributed by atoms with Crippen molar-refractivity contribution in [3.63, 3.8) is 0 Å². The van der Waals surface area contributed by atoms with E-state index in [9.17, 15) is 0 Å². The predicted molar refractivity (Wildman–Crippen MR) is 223 cm³/mol. The van der Waals surface area contributed by atoms with Gasteiger partial charge in [-0.25, -0.2) is 24.9 Å². The molecule has 7 aromatic carbocycles. The molecule has 0 unspecified atom stereocenters. The minimum atomic E-state index is 0.560. The third kappa shape index (κ3) is 5.41. The van der Waals surface area contributed by atoms with Crippen LogP contribution in [-0.4, -0.2) is 24.9 Å². The Morgan fingerprint density at radius 1 is 0.321 bits per heavy atom. The summed E-state index contributed by atoms with van der Waals surface area (Å²) in [5.41, 5.74) is 11.0. The van der Waals surface area contributed by atoms with Crippen LogP contribution in [0.4, 0.5) is 0 Å². The largest absolute Gasteiger partial charge is 0.456 e. The van der Waals surface area contributed by atoms with Gasteiger partial charge in [-0.15, -0.1) is 0 Å². The maximum Gasteiger partial charge on any atom is 0.180 e. The van der Waals surface area contributed by atoms with Gasteiger partial charge in [-0.1, -0.05) is 140 Å². The number of aromatic nitrogens is 5. The third-order valence-corrected chi connectivity index (χ3v) is 10.2. The fourth-order valence-electron chi connectivity index (χ4n) is 7.47. The van der Waals surface area contributed by atoms with Crippen molar-refractivity contribution in [3.8, 4) is 67.9 Å². The normalized spacial score (nSPS) is 11.6. The third-order valence-electron chi connectivity index (χ3n) is 10.2. The van der Waals surface area contributed by atoms with E-state index in [0.29, 0.717) is 34.5 Å². The van der Waals surface area contributed by atoms with E-state index in [1.54, 1.807) is 0 Å². The Morgan fingerprint density at radius 3 is 1.71 bits per heavy atom. The van der Waals surface area contributed by atoms with Crippen LogP contribution in [0.1, 0.15) is 0 Å². The fourth-order valence-corrected chi connectivity index (χ4v) is 7.47. The number of rotatable bonds is 6. The number of fused-ring (bicyclic) bond motifs is 6. The van der Waals surface area contributed by atoms with Gasteiger partial charge in [0.25, 0.3) is 0 Å². The van der Waals surface area contributed by atoms with Gasteiger partial charge in [0.05, 0.1) is 0 Å². The summed E-state index contributed by atoms with van der Waals surface area (Å²) < 4.78 is 12.9. The molecule has 7 nitrogen and oxygen atoms in total. The molecule has 0 saturated heterocycles. The molecular weight excluding hydrogens is 691 g/mol. The Kier molecular flexibility index (Phi) is 7.35. The first-order chi connectivity index (χ1) is 27.7. The Bertz CT molecular complexity index is 3250. The van der Waals surface area contributed by atoms with Crippen LogP contribution in [0.15, 0.2) is 185 Å². The monoisotopic (exact) mass is 719 g/mol. The summed E-state index contributed by atoms with van der Waals surface area (Å²) in [5.74, 6) is 2.32. The molecule has 11 aromatic rings. The van der Waals surface area contributed by atoms with Gasteiger partial charge < -0.3 is 8.83 Å². The summed E-state index contributed by atoms with van der Waals surface area (Å²) in [7, 11) is 0. The molecule has 262 valence electrons. The summed E-state index contributed by atoms with van der Waals surface area (Å²) in [5, 5.41) is 2.80. The Labute approximate surface area is 320 Å². The number of hydrogen-bond acceptors (Lipinski definition) is 7. The molecule has 0 amide bonds. The average molecular weight is 720 g/mol. The molecular formula is C49H29N5O2. The van der Waals surface area contributed by atoms with Crippen LogP contribution in [-0.2, 0) is 0 Å². The minimum absolute atomic E-state index is 0.560. The van der Waals surface area contributed by atoms with Crippen LogP contribution >= 0.6 is 0 Å². The second-order valence-electron chi connectivity index (χ2n) is 13.6. The molecule has 0 spiro atoms. The number of benzene rings is 7. The summed E-state index contributed by atoms with van der Waals surface area (Å²) in [4.78, 5) is 25.4. The molecule has 0 fully saturated rings. The Morgan fingerprint density at radius 2 is 0.911 bits per heavy atom. The lowest BCUT2D eigenvalue weighted by Crippen LogP contribution is -2.00. The molecule has 0 atom stereocenters. The summed E-state index contributed by atoms with van der Waals surface area (Å²) in [6.07, 6.45) is 0. The first-order valence-corrected chi connectivity index (χ1v) is 18.4. The summed E-state index contributed by atoms with van der Waals surface area (Å²) >= 11 is 0. The minimum Gasteiger partial charge on any atom is -0.456 e. The van der Waals surface area contributed by atoms with Gasteiger partial charge in [-0.2, -0.15) is 0 Å². The molecule has 0 aliphatic heterocycles. The molecule has 0 radical (unpaired) electrons. The summed E-state index contributed by atoms with van der Waals surface area (Å²) in [6.45, 7) is 0. The van der Waals surface area contributed by atoms with E-state index in [1.807, 2.05) is 140 Å². The number of furan rings is 2. The number of para-hydroxylation sites is 1. The van der Waals surface area contributed by atoms with Crippen molar-refractivity contribution < 1.29 is 8.83 Å². The fraction of sp³-hybridized carbons (Fsp3) is 0. The van der Waals surface area contributed by atoms with Crippen molar-refractivity contribution in [2.45, 2.75) is 0 Å². The van der Waals surface area contributed by atoms with Crippen molar-refractivity contribution in [1.82, 2.24) is 24.9 Å². The SMILES string of the molecule is c1ccc(-c2cccc(-c3nc(-c4ccccc4)nc(-c4cccc5oc6cc(-c7nc(-c8ccccc8)c8oc9ccccc9c8n7)ccc6c45)n3)c2)cc1. The van der Waals surface area contributed by atoms with Gasteiger partial charge in [0.1, 0.15) is 28.0 Å². The maximum absolute atomic E-state index is 6.58. The van der Waals surface area contributed by atoms with Crippen molar-refractivity contribution in [1.29, 1.82) is 0 Å². The molecule has 0 saturated carbocycles. The standard InChI is InChI=1S/C49H29N5O2/c1-4-14-30(15-5-1)33-20-12-21-34(28-33)48-52-46(32-18-8-3-9-19-32)53-49(54-48)38-23-13-25-40-42(38)36-27-26-35(29-41(36)55-40)47-50-43(31-16-6-2-7-17-31)45-44(51-47)37-22-10-11-24-39(37)56-45/h1-29H. The zero-order chi connectivity index (χ0) is 37.0. The number of hydrogen-bond donors (Lipinski definition) is 0. The maximum atomic E-state index is 6.58. The molecule has 0 N–H and O–H groups in total. The molecule has 56 heavy (non-hydrogen) atoms. The van der Waals surface area contributed by atoms with Crippen LogP contribution in [0.2, 0.25) is 0 Å². The van der Waals surface area contributed by atoms with E-state index < -0.39 is 0 Å². The Balaban J connectivity index is 1.08. The van der Waals surface area contributed by atoms with Gasteiger partial charge in [0.15, 0.2) is 28.9 Å². The summed E-state index contributed by atoms with van der Waals surface area (Å²) in [6, 6.07) is 58.9. The molecule has 11 rings (SSSR count). The lowest BCUT2D eigenvalue weighted by atomic mass is 10.0. The van der Waals surface area contributed by atoms with Crippen molar-refractivity contribution in [2.75, 3.05) is 0 Å². The second-order valence-corrected chi connectivity index (χ2v) is 13.6. The molecule has 4 heterocycles. The first kappa shape index (κ1) is 31.7. The number of nitrogens with zero attached hydrogens (tertiary/aromatic N) is 5. The highest BCUT2D eigenvalue weighted by Gasteiger charge is 2.21. The van der Waals surface area contributed by atoms with Gasteiger partial charge in [0.2, 0.25) is 0 Å². The predicted octanol–water partition coefficient (Wildman–Crippen LogP) is 12.5. The van der Waals surface area contributed by atoms with Crippen LogP contribution < -0.4 is 0 Å². The van der Waals surface area contributed by atoms with Crippen molar-refractivity contribution in [3.05, 3.63) is 176 Å². The van der Waals surface area contributed by atoms with E-state index >= 15 is 0 Å². The molecule has 0 aliphatic carbocycles. The lowest BCUT2D eigenvalue weighted by molar-refractivity contribution is 0.667. The van der Waals surface area contributed by atoms with Gasteiger partial charge in [-0.05, 0) is 47.5 Å². The van der Waals surface area contributed by atoms with Crippen molar-refractivity contribution in [2.24, 2.45) is 0 Å². The average Bonchev–Trinajstić information content (AvgIpc) is 3.85. The van der Waals surface area contributed by atoms with E-state index in [2.05, 4.69) is 36.4 Å². The molecule has 0 bridgehead atoms. The van der Waals surface area contributed by atoms with Crippen LogP contribution in [0, 0.1) is 0 Å². The zero-order valence-corrected chi connectivity index (χ0v) is 29.8. The van der Waals surface area contributed by atoms with E-state index in [1.165, 1.54) is 0 Å². The van der Waals surface area contributed by atoms with Gasteiger partial charge >= 0.3 is 0 Å². The van der Waals surface area contributed by atoms with Gasteiger partial charge in [-0.3, -0.25) is 0 Å². The smallest absolute Gasteiger partial charge is 0.180 e. The quantitative estimate of drug-likeness (QED) is 0.169. The highest BCUT2D eigenvalue weighted by atomic mass is 16.3. The highest BCUT2D eigenvalue weighted by Crippen LogP contribution is 2.40. The van der Waals surface area contributed by atoms with Crippen LogP contribution in [0.3, 0.4) is 0 Å². The lowest BCUT2D eigenvalue weighted by Gasteiger charge is -2.10. The molecule has 0 aliphatic rings. The van der Waals surface area contributed by atoms with Crippen LogP contribution in [0.25, 0.3) is 112 Å². The molecule has 7 heteroatoms. The van der Waals surface area contributed by atoms with Crippen LogP contribution in [0.5, 0.6) is 0 Å². The van der Waals surface area contributed by atoms with E-state index in [0.717, 1.165) is 77.5 Å². The highest BCUT2D eigenvalue weighted by molar-refractivity contribution is 6.13. The first-order valence-electron chi connectivity index (χ1n) is 18.4. The second kappa shape index (κ2) is 13.0. The topological polar surface area (TPSA) is 90.7 Å². The van der Waals surface area contributed by atoms with E-state index in [4.69, 9.17) is 33.8 Å². The molecule has 4 aromatic heterocycles. The van der Waals surface area contributed by atoms with Gasteiger partial charge in [0, 0.05) is 44.0 Å². The van der Waals surface area contributed by atoms with Crippen molar-refractivity contribution >= 4 is 44.0 Å². The van der Waals surface area contributed by atoms with E-state index in [-0.39, 0.29) is 0 Å².